The van der Waals surface area contributed by atoms with Gasteiger partial charge in [0.1, 0.15) is 12.7 Å². The summed E-state index contributed by atoms with van der Waals surface area (Å²) in [4.78, 5) is 13.3. The van der Waals surface area contributed by atoms with Gasteiger partial charge in [0.2, 0.25) is 5.91 Å². The standard InChI is InChI=1S/C13H14ClNO2/c1-2-7-15-8-12(17-9-13(15)16)10-3-5-11(14)6-4-10/h2-6,12H,1,7-9H2. The predicted octanol–water partition coefficient (Wildman–Crippen LogP) is 2.43. The first-order valence-corrected chi connectivity index (χ1v) is 5.84. The van der Waals surface area contributed by atoms with Crippen LogP contribution in [0.15, 0.2) is 36.9 Å². The fourth-order valence-corrected chi connectivity index (χ4v) is 1.96. The maximum absolute atomic E-state index is 11.5. The normalized spacial score (nSPS) is 20.4. The molecule has 0 saturated carbocycles. The number of nitrogens with zero attached hydrogens (tertiary/aromatic N) is 1. The van der Waals surface area contributed by atoms with Crippen LogP contribution in [0.2, 0.25) is 5.02 Å². The molecule has 4 heteroatoms. The summed E-state index contributed by atoms with van der Waals surface area (Å²) in [6.07, 6.45) is 1.65. The second-order valence-corrected chi connectivity index (χ2v) is 4.38. The van der Waals surface area contributed by atoms with Crippen molar-refractivity contribution in [3.8, 4) is 0 Å². The van der Waals surface area contributed by atoms with Gasteiger partial charge < -0.3 is 9.64 Å². The van der Waals surface area contributed by atoms with Gasteiger partial charge in [0.25, 0.3) is 0 Å². The third-order valence-electron chi connectivity index (χ3n) is 2.74. The van der Waals surface area contributed by atoms with Crippen molar-refractivity contribution in [1.29, 1.82) is 0 Å². The first kappa shape index (κ1) is 12.1. The van der Waals surface area contributed by atoms with Gasteiger partial charge in [-0.25, -0.2) is 0 Å². The Bertz CT molecular complexity index is 416. The van der Waals surface area contributed by atoms with Gasteiger partial charge in [-0.3, -0.25) is 4.79 Å². The number of morpholine rings is 1. The number of hydrogen-bond acceptors (Lipinski definition) is 2. The van der Waals surface area contributed by atoms with Crippen LogP contribution in [-0.4, -0.2) is 30.5 Å². The summed E-state index contributed by atoms with van der Waals surface area (Å²) in [6.45, 7) is 4.90. The van der Waals surface area contributed by atoms with E-state index in [0.717, 1.165) is 5.56 Å². The molecule has 0 aliphatic carbocycles. The third kappa shape index (κ3) is 2.87. The Balaban J connectivity index is 2.09. The number of hydrogen-bond donors (Lipinski definition) is 0. The van der Waals surface area contributed by atoms with Crippen LogP contribution in [0.1, 0.15) is 11.7 Å². The molecule has 0 bridgehead atoms. The molecule has 90 valence electrons. The van der Waals surface area contributed by atoms with Crippen LogP contribution >= 0.6 is 11.6 Å². The number of halogens is 1. The first-order valence-electron chi connectivity index (χ1n) is 5.46. The first-order chi connectivity index (χ1) is 8.20. The molecule has 1 saturated heterocycles. The minimum absolute atomic E-state index is 0.00936. The molecule has 1 amide bonds. The maximum Gasteiger partial charge on any atom is 0.248 e. The molecule has 1 aliphatic heterocycles. The van der Waals surface area contributed by atoms with Crippen molar-refractivity contribution in [3.63, 3.8) is 0 Å². The highest BCUT2D eigenvalue weighted by molar-refractivity contribution is 6.30. The lowest BCUT2D eigenvalue weighted by Gasteiger charge is -2.32. The molecule has 1 atom stereocenters. The van der Waals surface area contributed by atoms with Crippen LogP contribution in [0, 0.1) is 0 Å². The van der Waals surface area contributed by atoms with Crippen molar-refractivity contribution in [2.45, 2.75) is 6.10 Å². The molecular weight excluding hydrogens is 238 g/mol. The number of carbonyl (C=O) groups excluding carboxylic acids is 1. The van der Waals surface area contributed by atoms with Crippen molar-refractivity contribution >= 4 is 17.5 Å². The Kier molecular flexibility index (Phi) is 3.82. The van der Waals surface area contributed by atoms with E-state index >= 15 is 0 Å². The van der Waals surface area contributed by atoms with Crippen molar-refractivity contribution in [1.82, 2.24) is 4.90 Å². The Morgan fingerprint density at radius 2 is 2.18 bits per heavy atom. The number of rotatable bonds is 3. The topological polar surface area (TPSA) is 29.5 Å². The fourth-order valence-electron chi connectivity index (χ4n) is 1.83. The number of benzene rings is 1. The zero-order chi connectivity index (χ0) is 12.3. The van der Waals surface area contributed by atoms with Gasteiger partial charge >= 0.3 is 0 Å². The summed E-state index contributed by atoms with van der Waals surface area (Å²) in [6, 6.07) is 7.51. The lowest BCUT2D eigenvalue weighted by atomic mass is 10.1. The van der Waals surface area contributed by atoms with Crippen molar-refractivity contribution in [3.05, 3.63) is 47.5 Å². The molecule has 0 radical (unpaired) electrons. The summed E-state index contributed by atoms with van der Waals surface area (Å²) in [5, 5.41) is 0.698. The summed E-state index contributed by atoms with van der Waals surface area (Å²) < 4.78 is 5.52. The number of amides is 1. The highest BCUT2D eigenvalue weighted by Crippen LogP contribution is 2.23. The average Bonchev–Trinajstić information content (AvgIpc) is 2.33. The van der Waals surface area contributed by atoms with Crippen LogP contribution in [0.25, 0.3) is 0 Å². The van der Waals surface area contributed by atoms with Crippen LogP contribution in [0.3, 0.4) is 0 Å². The Morgan fingerprint density at radius 1 is 1.47 bits per heavy atom. The van der Waals surface area contributed by atoms with Gasteiger partial charge in [-0.2, -0.15) is 0 Å². The monoisotopic (exact) mass is 251 g/mol. The van der Waals surface area contributed by atoms with Gasteiger partial charge in [0.05, 0.1) is 6.54 Å². The van der Waals surface area contributed by atoms with Crippen LogP contribution in [0.5, 0.6) is 0 Å². The molecule has 1 aromatic rings. The van der Waals surface area contributed by atoms with E-state index in [1.807, 2.05) is 24.3 Å². The fraction of sp³-hybridized carbons (Fsp3) is 0.308. The molecule has 0 spiro atoms. The van der Waals surface area contributed by atoms with Gasteiger partial charge in [0.15, 0.2) is 0 Å². The van der Waals surface area contributed by atoms with Gasteiger partial charge in [0, 0.05) is 11.6 Å². The second kappa shape index (κ2) is 5.34. The SMILES string of the molecule is C=CCN1CC(c2ccc(Cl)cc2)OCC1=O. The average molecular weight is 252 g/mol. The Labute approximate surface area is 106 Å². The minimum atomic E-state index is -0.0788. The summed E-state index contributed by atoms with van der Waals surface area (Å²) >= 11 is 5.83. The van der Waals surface area contributed by atoms with E-state index < -0.39 is 0 Å². The highest BCUT2D eigenvalue weighted by atomic mass is 35.5. The molecule has 17 heavy (non-hydrogen) atoms. The Hall–Kier alpha value is -1.32. The van der Waals surface area contributed by atoms with E-state index in [1.165, 1.54) is 0 Å². The van der Waals surface area contributed by atoms with Gasteiger partial charge in [-0.1, -0.05) is 29.8 Å². The van der Waals surface area contributed by atoms with E-state index in [-0.39, 0.29) is 18.6 Å². The van der Waals surface area contributed by atoms with Gasteiger partial charge in [-0.15, -0.1) is 6.58 Å². The molecule has 3 nitrogen and oxygen atoms in total. The zero-order valence-corrected chi connectivity index (χ0v) is 10.2. The summed E-state index contributed by atoms with van der Waals surface area (Å²) in [7, 11) is 0. The highest BCUT2D eigenvalue weighted by Gasteiger charge is 2.26. The zero-order valence-electron chi connectivity index (χ0n) is 9.43. The number of ether oxygens (including phenoxy) is 1. The van der Waals surface area contributed by atoms with E-state index in [2.05, 4.69) is 6.58 Å². The molecule has 1 aromatic carbocycles. The molecule has 0 aromatic heterocycles. The van der Waals surface area contributed by atoms with Crippen LogP contribution in [0.4, 0.5) is 0 Å². The largest absolute Gasteiger partial charge is 0.362 e. The van der Waals surface area contributed by atoms with Crippen molar-refractivity contribution in [2.24, 2.45) is 0 Å². The van der Waals surface area contributed by atoms with Crippen LogP contribution in [-0.2, 0) is 9.53 Å². The number of carbonyl (C=O) groups is 1. The smallest absolute Gasteiger partial charge is 0.248 e. The van der Waals surface area contributed by atoms with Crippen molar-refractivity contribution in [2.75, 3.05) is 19.7 Å². The Morgan fingerprint density at radius 3 is 2.82 bits per heavy atom. The van der Waals surface area contributed by atoms with Gasteiger partial charge in [-0.05, 0) is 17.7 Å². The van der Waals surface area contributed by atoms with E-state index in [1.54, 1.807) is 11.0 Å². The lowest BCUT2D eigenvalue weighted by molar-refractivity contribution is -0.148. The molecule has 1 aliphatic rings. The molecule has 1 heterocycles. The van der Waals surface area contributed by atoms with Crippen molar-refractivity contribution < 1.29 is 9.53 Å². The third-order valence-corrected chi connectivity index (χ3v) is 2.99. The quantitative estimate of drug-likeness (QED) is 0.773. The van der Waals surface area contributed by atoms with E-state index in [9.17, 15) is 4.79 Å². The molecule has 0 N–H and O–H groups in total. The molecular formula is C13H14ClNO2. The predicted molar refractivity (Wildman–Crippen MR) is 66.9 cm³/mol. The molecule has 2 rings (SSSR count). The molecule has 1 unspecified atom stereocenters. The van der Waals surface area contributed by atoms with Crippen LogP contribution < -0.4 is 0 Å². The summed E-state index contributed by atoms with van der Waals surface area (Å²) in [5.41, 5.74) is 1.04. The second-order valence-electron chi connectivity index (χ2n) is 3.94. The van der Waals surface area contributed by atoms with E-state index in [4.69, 9.17) is 16.3 Å². The maximum atomic E-state index is 11.5. The minimum Gasteiger partial charge on any atom is -0.362 e. The van der Waals surface area contributed by atoms with E-state index in [0.29, 0.717) is 18.1 Å². The lowest BCUT2D eigenvalue weighted by Crippen LogP contribution is -2.43. The summed E-state index contributed by atoms with van der Waals surface area (Å²) in [5.74, 6) is 0.00936. The molecule has 1 fully saturated rings.